The third kappa shape index (κ3) is 6.59. The first kappa shape index (κ1) is 21.8. The smallest absolute Gasteiger partial charge is 0.227 e. The number of pyridine rings is 1. The molecule has 1 aliphatic heterocycles. The molecule has 0 aromatic carbocycles. The number of carbonyl (C=O) groups is 1. The van der Waals surface area contributed by atoms with Crippen molar-refractivity contribution in [2.45, 2.75) is 39.2 Å². The lowest BCUT2D eigenvalue weighted by Crippen LogP contribution is -2.39. The van der Waals surface area contributed by atoms with Crippen LogP contribution in [-0.4, -0.2) is 54.5 Å². The second-order valence-corrected chi connectivity index (χ2v) is 7.38. The molecule has 3 heterocycles. The zero-order valence-electron chi connectivity index (χ0n) is 17.9. The van der Waals surface area contributed by atoms with Gasteiger partial charge in [0.15, 0.2) is 5.96 Å². The van der Waals surface area contributed by atoms with Gasteiger partial charge in [-0.1, -0.05) is 6.07 Å². The molecule has 1 atom stereocenters. The Hall–Kier alpha value is -2.87. The summed E-state index contributed by atoms with van der Waals surface area (Å²) in [5.41, 5.74) is 0.872. The summed E-state index contributed by atoms with van der Waals surface area (Å²) in [7, 11) is 0. The van der Waals surface area contributed by atoms with Gasteiger partial charge in [-0.05, 0) is 64.0 Å². The van der Waals surface area contributed by atoms with Gasteiger partial charge >= 0.3 is 0 Å². The summed E-state index contributed by atoms with van der Waals surface area (Å²) in [6.07, 6.45) is 4.47. The number of amides is 1. The van der Waals surface area contributed by atoms with Crippen LogP contribution in [-0.2, 0) is 4.79 Å². The fourth-order valence-corrected chi connectivity index (χ4v) is 3.55. The van der Waals surface area contributed by atoms with Crippen LogP contribution in [0.3, 0.4) is 0 Å². The first-order chi connectivity index (χ1) is 14.7. The summed E-state index contributed by atoms with van der Waals surface area (Å²) in [6.45, 7) is 7.89. The molecule has 1 unspecified atom stereocenters. The maximum Gasteiger partial charge on any atom is 0.227 e. The second kappa shape index (κ2) is 11.3. The van der Waals surface area contributed by atoms with Crippen LogP contribution < -0.4 is 16.0 Å². The molecule has 2 aromatic rings. The fraction of sp³-hybridized carbons (Fsp3) is 0.500. The predicted octanol–water partition coefficient (Wildman–Crippen LogP) is 2.70. The van der Waals surface area contributed by atoms with E-state index in [0.717, 1.165) is 31.1 Å². The molecule has 8 nitrogen and oxygen atoms in total. The van der Waals surface area contributed by atoms with Gasteiger partial charge in [0.05, 0.1) is 18.8 Å². The van der Waals surface area contributed by atoms with Crippen LogP contribution in [0.1, 0.15) is 43.7 Å². The van der Waals surface area contributed by atoms with Gasteiger partial charge in [0.1, 0.15) is 11.6 Å². The molecule has 8 heteroatoms. The lowest BCUT2D eigenvalue weighted by molar-refractivity contribution is -0.116. The van der Waals surface area contributed by atoms with Gasteiger partial charge in [-0.2, -0.15) is 0 Å². The van der Waals surface area contributed by atoms with E-state index in [0.29, 0.717) is 31.3 Å². The summed E-state index contributed by atoms with van der Waals surface area (Å²) >= 11 is 0. The van der Waals surface area contributed by atoms with Crippen molar-refractivity contribution in [1.82, 2.24) is 20.5 Å². The molecule has 0 saturated carbocycles. The molecule has 0 bridgehead atoms. The van der Waals surface area contributed by atoms with Crippen LogP contribution in [0.25, 0.3) is 0 Å². The Morgan fingerprint density at radius 1 is 1.23 bits per heavy atom. The number of anilines is 1. The Morgan fingerprint density at radius 3 is 2.77 bits per heavy atom. The number of carbonyl (C=O) groups excluding carboxylic acids is 1. The van der Waals surface area contributed by atoms with E-state index in [4.69, 9.17) is 9.41 Å². The first-order valence-corrected chi connectivity index (χ1v) is 10.7. The Bertz CT molecular complexity index is 815. The number of hydrogen-bond donors (Lipinski definition) is 3. The summed E-state index contributed by atoms with van der Waals surface area (Å²) in [5, 5.41) is 9.32. The first-order valence-electron chi connectivity index (χ1n) is 10.7. The summed E-state index contributed by atoms with van der Waals surface area (Å²) in [5.74, 6) is 2.14. The monoisotopic (exact) mass is 412 g/mol. The number of guanidine groups is 1. The van der Waals surface area contributed by atoms with Crippen LogP contribution in [0.4, 0.5) is 5.82 Å². The van der Waals surface area contributed by atoms with Crippen LogP contribution in [0.5, 0.6) is 0 Å². The maximum atomic E-state index is 12.2. The minimum absolute atomic E-state index is 0.0815. The van der Waals surface area contributed by atoms with E-state index in [9.17, 15) is 4.79 Å². The molecule has 162 valence electrons. The Kier molecular flexibility index (Phi) is 8.26. The zero-order valence-corrected chi connectivity index (χ0v) is 17.9. The van der Waals surface area contributed by atoms with Gasteiger partial charge in [-0.3, -0.25) is 14.7 Å². The molecule has 0 aliphatic carbocycles. The molecule has 3 N–H and O–H groups in total. The van der Waals surface area contributed by atoms with Crippen LogP contribution >= 0.6 is 0 Å². The van der Waals surface area contributed by atoms with Crippen molar-refractivity contribution < 1.29 is 9.21 Å². The number of likely N-dealkylation sites (tertiary alicyclic amines) is 1. The average molecular weight is 413 g/mol. The average Bonchev–Trinajstić information content (AvgIpc) is 3.43. The van der Waals surface area contributed by atoms with Crippen molar-refractivity contribution in [2.75, 3.05) is 38.0 Å². The molecule has 1 saturated heterocycles. The quantitative estimate of drug-likeness (QED) is 0.433. The van der Waals surface area contributed by atoms with Gasteiger partial charge in [0.2, 0.25) is 5.91 Å². The highest BCUT2D eigenvalue weighted by Crippen LogP contribution is 2.25. The minimum atomic E-state index is -0.0815. The van der Waals surface area contributed by atoms with E-state index in [-0.39, 0.29) is 11.9 Å². The largest absolute Gasteiger partial charge is 0.468 e. The van der Waals surface area contributed by atoms with E-state index >= 15 is 0 Å². The molecule has 30 heavy (non-hydrogen) atoms. The van der Waals surface area contributed by atoms with E-state index in [2.05, 4.69) is 25.8 Å². The molecular formula is C22H32N6O2. The Labute approximate surface area is 178 Å². The number of hydrogen-bond acceptors (Lipinski definition) is 5. The summed E-state index contributed by atoms with van der Waals surface area (Å²) in [4.78, 5) is 23.7. The van der Waals surface area contributed by atoms with Crippen molar-refractivity contribution in [2.24, 2.45) is 4.99 Å². The molecule has 1 amide bonds. The topological polar surface area (TPSA) is 94.8 Å². The van der Waals surface area contributed by atoms with Crippen molar-refractivity contribution in [3.05, 3.63) is 48.0 Å². The SMILES string of the molecule is CCNC(=NCC(c1ccco1)N1CCCC1)NCCC(=O)Nc1cccc(C)n1. The third-order valence-electron chi connectivity index (χ3n) is 5.02. The molecule has 3 rings (SSSR count). The van der Waals surface area contributed by atoms with Gasteiger partial charge in [0, 0.05) is 25.2 Å². The highest BCUT2D eigenvalue weighted by atomic mass is 16.3. The van der Waals surface area contributed by atoms with E-state index in [1.807, 2.05) is 38.1 Å². The molecule has 2 aromatic heterocycles. The molecule has 0 spiro atoms. The van der Waals surface area contributed by atoms with Crippen LogP contribution in [0.15, 0.2) is 46.0 Å². The Morgan fingerprint density at radius 2 is 2.07 bits per heavy atom. The maximum absolute atomic E-state index is 12.2. The lowest BCUT2D eigenvalue weighted by Gasteiger charge is -2.24. The number of furan rings is 1. The number of rotatable bonds is 9. The number of nitrogens with zero attached hydrogens (tertiary/aromatic N) is 3. The van der Waals surface area contributed by atoms with Crippen molar-refractivity contribution in [1.29, 1.82) is 0 Å². The van der Waals surface area contributed by atoms with Crippen molar-refractivity contribution >= 4 is 17.7 Å². The predicted molar refractivity (Wildman–Crippen MR) is 118 cm³/mol. The van der Waals surface area contributed by atoms with Crippen LogP contribution in [0, 0.1) is 6.92 Å². The highest BCUT2D eigenvalue weighted by molar-refractivity contribution is 5.90. The number of aryl methyl sites for hydroxylation is 1. The second-order valence-electron chi connectivity index (χ2n) is 7.38. The van der Waals surface area contributed by atoms with Gasteiger partial charge in [-0.15, -0.1) is 0 Å². The van der Waals surface area contributed by atoms with Crippen molar-refractivity contribution in [3.63, 3.8) is 0 Å². The summed E-state index contributed by atoms with van der Waals surface area (Å²) < 4.78 is 5.67. The molecular weight excluding hydrogens is 380 g/mol. The van der Waals surface area contributed by atoms with Crippen molar-refractivity contribution in [3.8, 4) is 0 Å². The standard InChI is InChI=1S/C22H32N6O2/c1-3-23-22(24-12-11-21(29)27-20-10-6-8-17(2)26-20)25-16-18(19-9-7-15-30-19)28-13-4-5-14-28/h6-10,15,18H,3-5,11-14,16H2,1-2H3,(H2,23,24,25)(H,26,27,29). The number of aliphatic imine (C=N–C) groups is 1. The minimum Gasteiger partial charge on any atom is -0.468 e. The van der Waals surface area contributed by atoms with Gasteiger partial charge in [0.25, 0.3) is 0 Å². The Balaban J connectivity index is 1.52. The molecule has 1 aliphatic rings. The normalized spacial score (nSPS) is 15.7. The molecule has 0 radical (unpaired) electrons. The third-order valence-corrected chi connectivity index (χ3v) is 5.02. The molecule has 1 fully saturated rings. The zero-order chi connectivity index (χ0) is 21.2. The summed E-state index contributed by atoms with van der Waals surface area (Å²) in [6, 6.07) is 9.64. The van der Waals surface area contributed by atoms with E-state index in [1.165, 1.54) is 12.8 Å². The fourth-order valence-electron chi connectivity index (χ4n) is 3.55. The highest BCUT2D eigenvalue weighted by Gasteiger charge is 2.25. The number of nitrogens with one attached hydrogen (secondary N) is 3. The van der Waals surface area contributed by atoms with E-state index in [1.54, 1.807) is 12.3 Å². The van der Waals surface area contributed by atoms with E-state index < -0.39 is 0 Å². The van der Waals surface area contributed by atoms with Gasteiger partial charge in [-0.25, -0.2) is 4.98 Å². The van der Waals surface area contributed by atoms with Crippen LogP contribution in [0.2, 0.25) is 0 Å². The number of aromatic nitrogens is 1. The van der Waals surface area contributed by atoms with Gasteiger partial charge < -0.3 is 20.4 Å². The lowest BCUT2D eigenvalue weighted by atomic mass is 10.2.